The molecule has 0 atom stereocenters. The van der Waals surface area contributed by atoms with E-state index in [4.69, 9.17) is 0 Å². The Morgan fingerprint density at radius 1 is 1.17 bits per heavy atom. The van der Waals surface area contributed by atoms with E-state index in [1.54, 1.807) is 6.33 Å². The Morgan fingerprint density at radius 2 is 1.92 bits per heavy atom. The average molecular weight is 487 g/mol. The van der Waals surface area contributed by atoms with Crippen molar-refractivity contribution in [2.75, 3.05) is 32.7 Å². The van der Waals surface area contributed by atoms with Gasteiger partial charge < -0.3 is 9.88 Å². The Labute approximate surface area is 213 Å². The molecule has 5 rings (SSSR count). The van der Waals surface area contributed by atoms with Gasteiger partial charge in [-0.1, -0.05) is 19.9 Å². The predicted octanol–water partition coefficient (Wildman–Crippen LogP) is 5.36. The van der Waals surface area contributed by atoms with Crippen LogP contribution in [0.2, 0.25) is 0 Å². The van der Waals surface area contributed by atoms with E-state index >= 15 is 0 Å². The van der Waals surface area contributed by atoms with Crippen LogP contribution in [0.3, 0.4) is 0 Å². The van der Waals surface area contributed by atoms with E-state index in [9.17, 15) is 4.79 Å². The lowest BCUT2D eigenvalue weighted by molar-refractivity contribution is -0.132. The predicted molar refractivity (Wildman–Crippen MR) is 145 cm³/mol. The molecular weight excluding hydrogens is 448 g/mol. The first-order chi connectivity index (χ1) is 17.4. The maximum absolute atomic E-state index is 12.5. The van der Waals surface area contributed by atoms with Crippen LogP contribution >= 0.6 is 0 Å². The molecule has 1 saturated heterocycles. The molecule has 3 aromatic heterocycles. The number of aromatic amines is 1. The van der Waals surface area contributed by atoms with E-state index in [-0.39, 0.29) is 5.91 Å². The Kier molecular flexibility index (Phi) is 6.84. The maximum atomic E-state index is 12.5. The third-order valence-electron chi connectivity index (χ3n) is 7.82. The van der Waals surface area contributed by atoms with Gasteiger partial charge in [0, 0.05) is 35.8 Å². The molecule has 1 aliphatic rings. The number of likely N-dealkylation sites (tertiary alicyclic amines) is 1. The fourth-order valence-electron chi connectivity index (χ4n) is 5.83. The lowest BCUT2D eigenvalue weighted by Crippen LogP contribution is -2.43. The number of hydrogen-bond donors (Lipinski definition) is 1. The molecule has 0 spiro atoms. The first kappa shape index (κ1) is 24.5. The van der Waals surface area contributed by atoms with E-state index in [1.807, 2.05) is 9.42 Å². The van der Waals surface area contributed by atoms with E-state index in [2.05, 4.69) is 85.0 Å². The lowest BCUT2D eigenvalue weighted by atomic mass is 9.87. The van der Waals surface area contributed by atoms with Gasteiger partial charge in [0.2, 0.25) is 5.91 Å². The Balaban J connectivity index is 1.40. The first-order valence-corrected chi connectivity index (χ1v) is 13.4. The number of H-pyrrole nitrogens is 1. The zero-order valence-corrected chi connectivity index (χ0v) is 22.2. The summed E-state index contributed by atoms with van der Waals surface area (Å²) in [6, 6.07) is 9.15. The molecular formula is C29H38N6O. The van der Waals surface area contributed by atoms with Gasteiger partial charge in [-0.2, -0.15) is 5.10 Å². The minimum atomic E-state index is 0.251. The lowest BCUT2D eigenvalue weighted by Gasteiger charge is -2.33. The van der Waals surface area contributed by atoms with Crippen molar-refractivity contribution in [3.63, 3.8) is 0 Å². The molecule has 1 aromatic carbocycles. The third-order valence-corrected chi connectivity index (χ3v) is 7.82. The summed E-state index contributed by atoms with van der Waals surface area (Å²) in [5.74, 6) is 1.16. The van der Waals surface area contributed by atoms with Gasteiger partial charge in [-0.15, -0.1) is 0 Å². The zero-order chi connectivity index (χ0) is 25.4. The van der Waals surface area contributed by atoms with Gasteiger partial charge in [-0.25, -0.2) is 9.50 Å². The molecule has 0 aliphatic carbocycles. The summed E-state index contributed by atoms with van der Waals surface area (Å²) in [5, 5.41) is 5.69. The summed E-state index contributed by atoms with van der Waals surface area (Å²) in [4.78, 5) is 24.9. The second kappa shape index (κ2) is 10.1. The van der Waals surface area contributed by atoms with Crippen molar-refractivity contribution < 1.29 is 4.79 Å². The quantitative estimate of drug-likeness (QED) is 0.382. The molecule has 1 amide bonds. The molecule has 1 aliphatic heterocycles. The van der Waals surface area contributed by atoms with Crippen molar-refractivity contribution >= 4 is 22.5 Å². The van der Waals surface area contributed by atoms with Crippen LogP contribution < -0.4 is 0 Å². The van der Waals surface area contributed by atoms with Crippen molar-refractivity contribution in [3.8, 4) is 11.3 Å². The number of nitrogens with one attached hydrogen (secondary N) is 1. The minimum absolute atomic E-state index is 0.251. The summed E-state index contributed by atoms with van der Waals surface area (Å²) in [5.41, 5.74) is 8.26. The van der Waals surface area contributed by atoms with Gasteiger partial charge in [0.05, 0.1) is 12.2 Å². The molecule has 0 saturated carbocycles. The summed E-state index contributed by atoms with van der Waals surface area (Å²) in [6.45, 7) is 14.8. The van der Waals surface area contributed by atoms with Crippen LogP contribution in [0.1, 0.15) is 69.1 Å². The number of rotatable bonds is 7. The number of piperidine rings is 1. The highest BCUT2D eigenvalue weighted by Crippen LogP contribution is 2.38. The van der Waals surface area contributed by atoms with Gasteiger partial charge >= 0.3 is 0 Å². The number of amides is 1. The van der Waals surface area contributed by atoms with Crippen LogP contribution in [0.15, 0.2) is 36.8 Å². The van der Waals surface area contributed by atoms with Gasteiger partial charge in [0.15, 0.2) is 5.65 Å². The summed E-state index contributed by atoms with van der Waals surface area (Å²) < 4.78 is 1.87. The van der Waals surface area contributed by atoms with Crippen LogP contribution in [-0.2, 0) is 4.79 Å². The number of aromatic nitrogens is 4. The number of hydrogen-bond acceptors (Lipinski definition) is 4. The molecule has 1 N–H and O–H groups in total. The molecule has 4 heterocycles. The summed E-state index contributed by atoms with van der Waals surface area (Å²) in [7, 11) is 0. The molecule has 190 valence electrons. The van der Waals surface area contributed by atoms with Crippen LogP contribution in [0.4, 0.5) is 0 Å². The smallest absolute Gasteiger partial charge is 0.236 e. The number of benzene rings is 1. The number of pyridine rings is 1. The molecule has 4 aromatic rings. The van der Waals surface area contributed by atoms with Gasteiger partial charge in [-0.05, 0) is 93.4 Å². The van der Waals surface area contributed by atoms with Gasteiger partial charge in [-0.3, -0.25) is 9.69 Å². The number of fused-ring (bicyclic) bond motifs is 2. The Hall–Kier alpha value is -3.19. The van der Waals surface area contributed by atoms with Crippen molar-refractivity contribution in [2.24, 2.45) is 0 Å². The average Bonchev–Trinajstić information content (AvgIpc) is 3.50. The molecule has 7 nitrogen and oxygen atoms in total. The van der Waals surface area contributed by atoms with Crippen LogP contribution in [0.5, 0.6) is 0 Å². The van der Waals surface area contributed by atoms with Gasteiger partial charge in [0.1, 0.15) is 6.33 Å². The van der Waals surface area contributed by atoms with Crippen LogP contribution in [-0.4, -0.2) is 68.0 Å². The molecule has 7 heteroatoms. The number of carbonyl (C=O) groups excluding carboxylic acids is 1. The number of carbonyl (C=O) groups is 1. The SMILES string of the molecule is CCN(CC)C(=O)CN1CCC(c2ccc3[nH]c(-c4cc(C)c5ncnn5c4)c(C(C)C)c3c2)CC1. The molecule has 0 radical (unpaired) electrons. The summed E-state index contributed by atoms with van der Waals surface area (Å²) in [6.07, 6.45) is 5.86. The Bertz CT molecular complexity index is 1370. The van der Waals surface area contributed by atoms with Crippen molar-refractivity contribution in [1.82, 2.24) is 29.4 Å². The highest BCUT2D eigenvalue weighted by atomic mass is 16.2. The normalized spacial score (nSPS) is 15.4. The monoisotopic (exact) mass is 486 g/mol. The fraction of sp³-hybridized carbons (Fsp3) is 0.483. The summed E-state index contributed by atoms with van der Waals surface area (Å²) >= 11 is 0. The second-order valence-corrected chi connectivity index (χ2v) is 10.4. The fourth-order valence-corrected chi connectivity index (χ4v) is 5.83. The number of aryl methyl sites for hydroxylation is 1. The molecule has 0 unspecified atom stereocenters. The van der Waals surface area contributed by atoms with E-state index in [1.165, 1.54) is 27.7 Å². The van der Waals surface area contributed by atoms with Crippen LogP contribution in [0.25, 0.3) is 27.8 Å². The number of likely N-dealkylation sites (N-methyl/N-ethyl adjacent to an activating group) is 1. The van der Waals surface area contributed by atoms with Gasteiger partial charge in [0.25, 0.3) is 0 Å². The minimum Gasteiger partial charge on any atom is -0.354 e. The van der Waals surface area contributed by atoms with Crippen LogP contribution in [0, 0.1) is 6.92 Å². The standard InChI is InChI=1S/C29H38N6O/c1-6-34(7-2)26(36)17-33-12-10-21(11-13-33)22-8-9-25-24(15-22)27(19(3)4)28(32-25)23-14-20(5)29-30-18-31-35(29)16-23/h8-9,14-16,18-19,21,32H,6-7,10-13,17H2,1-5H3. The van der Waals surface area contributed by atoms with E-state index in [0.29, 0.717) is 18.4 Å². The molecule has 1 fully saturated rings. The van der Waals surface area contributed by atoms with Crippen molar-refractivity contribution in [2.45, 2.75) is 59.3 Å². The molecule has 36 heavy (non-hydrogen) atoms. The third kappa shape index (κ3) is 4.52. The first-order valence-electron chi connectivity index (χ1n) is 13.4. The van der Waals surface area contributed by atoms with Crippen molar-refractivity contribution in [3.05, 3.63) is 53.5 Å². The van der Waals surface area contributed by atoms with Crippen molar-refractivity contribution in [1.29, 1.82) is 0 Å². The highest BCUT2D eigenvalue weighted by Gasteiger charge is 2.25. The Morgan fingerprint density at radius 3 is 2.61 bits per heavy atom. The van der Waals surface area contributed by atoms with E-state index in [0.717, 1.165) is 55.8 Å². The number of nitrogens with zero attached hydrogens (tertiary/aromatic N) is 5. The van der Waals surface area contributed by atoms with E-state index < -0.39 is 0 Å². The zero-order valence-electron chi connectivity index (χ0n) is 22.2. The maximum Gasteiger partial charge on any atom is 0.236 e. The largest absolute Gasteiger partial charge is 0.354 e. The second-order valence-electron chi connectivity index (χ2n) is 10.4. The molecule has 0 bridgehead atoms. The topological polar surface area (TPSA) is 69.5 Å². The highest BCUT2D eigenvalue weighted by molar-refractivity contribution is 5.92.